The normalized spacial score (nSPS) is 11.9. The quantitative estimate of drug-likeness (QED) is 0.109. The molecule has 0 fully saturated rings. The van der Waals surface area contributed by atoms with E-state index in [9.17, 15) is 0 Å². The Kier molecular flexibility index (Phi) is 16.9. The molecule has 1 aliphatic rings. The molecule has 0 amide bonds. The van der Waals surface area contributed by atoms with Crippen LogP contribution in [-0.2, 0) is 5.41 Å². The van der Waals surface area contributed by atoms with E-state index in [4.69, 9.17) is 24.9 Å². The van der Waals surface area contributed by atoms with E-state index in [1.165, 1.54) is 66.4 Å². The van der Waals surface area contributed by atoms with E-state index < -0.39 is 0 Å². The number of benzene rings is 14. The average molecular weight is 1330 g/mol. The lowest BCUT2D eigenvalue weighted by Gasteiger charge is -2.24. The summed E-state index contributed by atoms with van der Waals surface area (Å²) in [5.41, 5.74) is 28.3. The van der Waals surface area contributed by atoms with Crippen molar-refractivity contribution in [2.24, 2.45) is 0 Å². The van der Waals surface area contributed by atoms with Crippen molar-refractivity contribution >= 4 is 33.7 Å². The predicted octanol–water partition coefficient (Wildman–Crippen LogP) is 25.4. The summed E-state index contributed by atoms with van der Waals surface area (Å²) in [4.78, 5) is 25.6. The van der Waals surface area contributed by atoms with Crippen LogP contribution in [-0.4, -0.2) is 29.5 Å². The number of para-hydroxylation sites is 1. The van der Waals surface area contributed by atoms with Crippen molar-refractivity contribution in [3.8, 4) is 141 Å². The van der Waals surface area contributed by atoms with Crippen molar-refractivity contribution in [1.29, 1.82) is 0 Å². The number of hydrogen-bond acceptors (Lipinski definition) is 5. The van der Waals surface area contributed by atoms with Crippen LogP contribution in [0.3, 0.4) is 0 Å². The number of hydrogen-bond donors (Lipinski definition) is 0. The minimum atomic E-state index is -0.0758. The van der Waals surface area contributed by atoms with Gasteiger partial charge in [-0.1, -0.05) is 349 Å². The molecule has 0 unspecified atom stereocenters. The second-order valence-corrected chi connectivity index (χ2v) is 26.8. The lowest BCUT2D eigenvalue weighted by molar-refractivity contribution is 0.662. The summed E-state index contributed by atoms with van der Waals surface area (Å²) in [5, 5.41) is 4.66. The summed E-state index contributed by atoms with van der Waals surface area (Å²) in [7, 11) is 0. The fourth-order valence-electron chi connectivity index (χ4n) is 14.8. The molecule has 0 N–H and O–H groups in total. The maximum Gasteiger partial charge on any atom is 0.161 e. The predicted molar refractivity (Wildman–Crippen MR) is 434 cm³/mol. The molecule has 0 bridgehead atoms. The van der Waals surface area contributed by atoms with Gasteiger partial charge in [-0.25, -0.2) is 24.9 Å². The standard InChI is InChI=1S/C51H36N4.C47H34N2/c1-3-46-49(4-2)55(43-18-9-6-10-19-43)51(54-46)42-32-26-38(27-33-42)37-24-30-41(31-25-37)48-34-47(40-28-22-36(23-29-40)35-14-7-5-8-15-35)52-50(53-48)45-21-13-17-39-16-11-12-20-44(39)45;1-47(2)42-18-9-8-15-40(42)41-17-10-16-39(45(41)47)34-22-26-36(27-23-34)44-30-43(35-24-19-33(20-25-35)31-11-4-3-5-12-31)48-46(49-44)38-28-21-32-13-6-7-14-37(32)29-38/h3-34H,1-2H2;3-30H,1-2H3. The van der Waals surface area contributed by atoms with E-state index in [2.05, 4.69) is 353 Å². The highest BCUT2D eigenvalue weighted by atomic mass is 15.1. The van der Waals surface area contributed by atoms with Crippen LogP contribution in [0.1, 0.15) is 36.4 Å². The van der Waals surface area contributed by atoms with Gasteiger partial charge < -0.3 is 0 Å². The second-order valence-electron chi connectivity index (χ2n) is 26.8. The van der Waals surface area contributed by atoms with Gasteiger partial charge in [0, 0.05) is 50.0 Å². The van der Waals surface area contributed by atoms with E-state index >= 15 is 0 Å². The Balaban J connectivity index is 0.000000155. The van der Waals surface area contributed by atoms with Crippen molar-refractivity contribution in [2.75, 3.05) is 0 Å². The molecule has 0 spiro atoms. The molecule has 104 heavy (non-hydrogen) atoms. The van der Waals surface area contributed by atoms with Crippen molar-refractivity contribution in [3.63, 3.8) is 0 Å². The van der Waals surface area contributed by atoms with Crippen LogP contribution in [0, 0.1) is 0 Å². The Morgan fingerprint density at radius 2 is 0.673 bits per heavy atom. The molecular formula is C98H70N6. The topological polar surface area (TPSA) is 69.4 Å². The van der Waals surface area contributed by atoms with Crippen LogP contribution in [0.5, 0.6) is 0 Å². The largest absolute Gasteiger partial charge is 0.292 e. The Morgan fingerprint density at radius 1 is 0.279 bits per heavy atom. The van der Waals surface area contributed by atoms with Crippen LogP contribution in [0.15, 0.2) is 365 Å². The summed E-state index contributed by atoms with van der Waals surface area (Å²) in [6.07, 6.45) is 3.62. The Labute approximate surface area is 606 Å². The first kappa shape index (κ1) is 63.9. The molecule has 0 atom stereocenters. The van der Waals surface area contributed by atoms with Gasteiger partial charge in [-0.15, -0.1) is 0 Å². The smallest absolute Gasteiger partial charge is 0.161 e. The van der Waals surface area contributed by atoms with Crippen LogP contribution < -0.4 is 0 Å². The van der Waals surface area contributed by atoms with Gasteiger partial charge in [-0.05, 0) is 131 Å². The van der Waals surface area contributed by atoms with E-state index in [0.29, 0.717) is 5.82 Å². The lowest BCUT2D eigenvalue weighted by atomic mass is 9.79. The summed E-state index contributed by atoms with van der Waals surface area (Å²) < 4.78 is 2.13. The van der Waals surface area contributed by atoms with Gasteiger partial charge in [0.15, 0.2) is 11.6 Å². The molecule has 0 saturated carbocycles. The van der Waals surface area contributed by atoms with E-state index in [1.54, 1.807) is 6.08 Å². The van der Waals surface area contributed by atoms with Crippen LogP contribution in [0.4, 0.5) is 0 Å². The number of nitrogens with zero attached hydrogens (tertiary/aromatic N) is 6. The molecule has 0 radical (unpaired) electrons. The zero-order chi connectivity index (χ0) is 70.1. The SMILES string of the molecule is C=Cc1nc(-c2ccc(-c3ccc(-c4cc(-c5ccc(-c6ccccc6)cc5)nc(-c5cccc6ccccc56)n4)cc3)cc2)n(-c2ccccc2)c1C=C.CC1(C)c2ccccc2-c2cccc(-c3ccc(-c4cc(-c5ccc(-c6ccccc6)cc5)nc(-c5ccc6ccccc6c5)n4)cc3)c21. The summed E-state index contributed by atoms with van der Waals surface area (Å²) >= 11 is 0. The van der Waals surface area contributed by atoms with Gasteiger partial charge >= 0.3 is 0 Å². The van der Waals surface area contributed by atoms with Gasteiger partial charge in [-0.2, -0.15) is 0 Å². The van der Waals surface area contributed by atoms with Crippen LogP contribution >= 0.6 is 0 Å². The molecule has 18 rings (SSSR count). The summed E-state index contributed by atoms with van der Waals surface area (Å²) in [5.74, 6) is 2.26. The molecule has 3 aromatic heterocycles. The van der Waals surface area contributed by atoms with E-state index in [0.717, 1.165) is 112 Å². The first-order valence-electron chi connectivity index (χ1n) is 35.3. The number of fused-ring (bicyclic) bond motifs is 5. The number of imidazole rings is 1. The molecule has 492 valence electrons. The zero-order valence-corrected chi connectivity index (χ0v) is 57.7. The third kappa shape index (κ3) is 12.3. The van der Waals surface area contributed by atoms with Gasteiger partial charge in [0.1, 0.15) is 5.82 Å². The molecule has 1 aliphatic carbocycles. The Bertz CT molecular complexity index is 6030. The third-order valence-electron chi connectivity index (χ3n) is 20.1. The van der Waals surface area contributed by atoms with Crippen LogP contribution in [0.25, 0.3) is 174 Å². The minimum Gasteiger partial charge on any atom is -0.292 e. The number of rotatable bonds is 14. The molecule has 17 aromatic rings. The number of aromatic nitrogens is 6. The maximum absolute atomic E-state index is 5.18. The molecule has 3 heterocycles. The van der Waals surface area contributed by atoms with Crippen molar-refractivity contribution < 1.29 is 0 Å². The zero-order valence-electron chi connectivity index (χ0n) is 57.7. The molecule has 6 heteroatoms. The highest BCUT2D eigenvalue weighted by Crippen LogP contribution is 2.52. The monoisotopic (exact) mass is 1330 g/mol. The third-order valence-corrected chi connectivity index (χ3v) is 20.1. The molecular weight excluding hydrogens is 1260 g/mol. The van der Waals surface area contributed by atoms with Crippen molar-refractivity contribution in [1.82, 2.24) is 29.5 Å². The summed E-state index contributed by atoms with van der Waals surface area (Å²) in [6, 6.07) is 124. The maximum atomic E-state index is 5.18. The fraction of sp³-hybridized carbons (Fsp3) is 0.0306. The fourth-order valence-corrected chi connectivity index (χ4v) is 14.8. The van der Waals surface area contributed by atoms with Gasteiger partial charge in [0.2, 0.25) is 0 Å². The van der Waals surface area contributed by atoms with E-state index in [-0.39, 0.29) is 5.41 Å². The Morgan fingerprint density at radius 3 is 1.22 bits per heavy atom. The van der Waals surface area contributed by atoms with Crippen molar-refractivity contribution in [3.05, 3.63) is 388 Å². The van der Waals surface area contributed by atoms with Gasteiger partial charge in [0.05, 0.1) is 34.2 Å². The van der Waals surface area contributed by atoms with E-state index in [1.807, 2.05) is 36.4 Å². The molecule has 0 saturated heterocycles. The first-order valence-corrected chi connectivity index (χ1v) is 35.3. The first-order chi connectivity index (χ1) is 51.2. The van der Waals surface area contributed by atoms with Gasteiger partial charge in [-0.3, -0.25) is 4.57 Å². The lowest BCUT2D eigenvalue weighted by Crippen LogP contribution is -2.16. The Hall–Kier alpha value is -13.6. The summed E-state index contributed by atoms with van der Waals surface area (Å²) in [6.45, 7) is 12.8. The molecule has 0 aliphatic heterocycles. The van der Waals surface area contributed by atoms with Crippen molar-refractivity contribution in [2.45, 2.75) is 19.3 Å². The van der Waals surface area contributed by atoms with Crippen LogP contribution in [0.2, 0.25) is 0 Å². The minimum absolute atomic E-state index is 0.0758. The van der Waals surface area contributed by atoms with Gasteiger partial charge in [0.25, 0.3) is 0 Å². The second kappa shape index (κ2) is 27.5. The average Bonchev–Trinajstić information content (AvgIpc) is 1.56. The molecule has 14 aromatic carbocycles. The highest BCUT2D eigenvalue weighted by Gasteiger charge is 2.37. The highest BCUT2D eigenvalue weighted by molar-refractivity contribution is 5.96. The molecule has 6 nitrogen and oxygen atoms in total.